The van der Waals surface area contributed by atoms with Crippen molar-refractivity contribution in [3.63, 3.8) is 0 Å². The van der Waals surface area contributed by atoms with Crippen LogP contribution in [0, 0.1) is 0 Å². The molecule has 2 atom stereocenters. The van der Waals surface area contributed by atoms with Gasteiger partial charge in [-0.1, -0.05) is 24.3 Å². The van der Waals surface area contributed by atoms with Gasteiger partial charge in [0.25, 0.3) is 0 Å². The SMILES string of the molecule is ClCC1COCCN1CC1CCCc2ccccc21. The highest BCUT2D eigenvalue weighted by atomic mass is 35.5. The molecule has 3 heteroatoms. The molecule has 1 saturated heterocycles. The van der Waals surface area contributed by atoms with Gasteiger partial charge in [-0.25, -0.2) is 0 Å². The number of morpholine rings is 1. The Morgan fingerprint density at radius 2 is 2.21 bits per heavy atom. The van der Waals surface area contributed by atoms with Crippen LogP contribution in [0.2, 0.25) is 0 Å². The lowest BCUT2D eigenvalue weighted by molar-refractivity contribution is -0.00239. The maximum absolute atomic E-state index is 6.07. The number of fused-ring (bicyclic) bond motifs is 1. The summed E-state index contributed by atoms with van der Waals surface area (Å²) in [5.41, 5.74) is 3.11. The predicted octanol–water partition coefficient (Wildman–Crippen LogP) is 3.05. The lowest BCUT2D eigenvalue weighted by Gasteiger charge is -2.38. The van der Waals surface area contributed by atoms with Gasteiger partial charge in [0.1, 0.15) is 0 Å². The van der Waals surface area contributed by atoms with Gasteiger partial charge in [0.2, 0.25) is 0 Å². The third-order valence-electron chi connectivity index (χ3n) is 4.48. The van der Waals surface area contributed by atoms with Gasteiger partial charge in [0.15, 0.2) is 0 Å². The van der Waals surface area contributed by atoms with Crippen LogP contribution in [0.25, 0.3) is 0 Å². The fraction of sp³-hybridized carbons (Fsp3) is 0.625. The van der Waals surface area contributed by atoms with Crippen LogP contribution in [0.3, 0.4) is 0 Å². The molecule has 0 N–H and O–H groups in total. The van der Waals surface area contributed by atoms with Crippen molar-refractivity contribution < 1.29 is 4.74 Å². The Bertz CT molecular complexity index is 423. The van der Waals surface area contributed by atoms with Crippen LogP contribution < -0.4 is 0 Å². The monoisotopic (exact) mass is 279 g/mol. The summed E-state index contributed by atoms with van der Waals surface area (Å²) >= 11 is 6.07. The van der Waals surface area contributed by atoms with E-state index in [0.29, 0.717) is 17.8 Å². The second-order valence-electron chi connectivity index (χ2n) is 5.67. The highest BCUT2D eigenvalue weighted by Crippen LogP contribution is 2.32. The fourth-order valence-corrected chi connectivity index (χ4v) is 3.68. The number of nitrogens with zero attached hydrogens (tertiary/aromatic N) is 1. The molecular formula is C16H22ClNO. The fourth-order valence-electron chi connectivity index (χ4n) is 3.40. The molecule has 3 rings (SSSR count). The molecule has 19 heavy (non-hydrogen) atoms. The number of ether oxygens (including phenoxy) is 1. The van der Waals surface area contributed by atoms with Gasteiger partial charge in [0.05, 0.1) is 13.2 Å². The molecule has 1 heterocycles. The number of benzene rings is 1. The lowest BCUT2D eigenvalue weighted by atomic mass is 9.82. The summed E-state index contributed by atoms with van der Waals surface area (Å²) in [5.74, 6) is 1.35. The quantitative estimate of drug-likeness (QED) is 0.789. The first kappa shape index (κ1) is 13.4. The summed E-state index contributed by atoms with van der Waals surface area (Å²) in [6.07, 6.45) is 3.87. The van der Waals surface area contributed by atoms with Gasteiger partial charge < -0.3 is 4.74 Å². The molecule has 1 aromatic carbocycles. The molecule has 0 aromatic heterocycles. The number of rotatable bonds is 3. The maximum Gasteiger partial charge on any atom is 0.0634 e. The van der Waals surface area contributed by atoms with Crippen LogP contribution in [0.4, 0.5) is 0 Å². The predicted molar refractivity (Wildman–Crippen MR) is 79.0 cm³/mol. The molecule has 1 aromatic rings. The topological polar surface area (TPSA) is 12.5 Å². The standard InChI is InChI=1S/C16H22ClNO/c17-10-15-12-19-9-8-18(15)11-14-6-3-5-13-4-1-2-7-16(13)14/h1-2,4,7,14-15H,3,5-6,8-12H2. The molecule has 0 bridgehead atoms. The Hall–Kier alpha value is -0.570. The third kappa shape index (κ3) is 2.96. The van der Waals surface area contributed by atoms with E-state index in [1.54, 1.807) is 11.1 Å². The van der Waals surface area contributed by atoms with Gasteiger partial charge in [-0.15, -0.1) is 11.6 Å². The van der Waals surface area contributed by atoms with Crippen LogP contribution in [-0.4, -0.2) is 43.1 Å². The first-order valence-corrected chi connectivity index (χ1v) is 7.87. The molecule has 2 unspecified atom stereocenters. The van der Waals surface area contributed by atoms with Crippen LogP contribution in [0.15, 0.2) is 24.3 Å². The number of hydrogen-bond acceptors (Lipinski definition) is 2. The Kier molecular flexibility index (Phi) is 4.42. The first-order valence-electron chi connectivity index (χ1n) is 7.34. The molecule has 1 aliphatic heterocycles. The van der Waals surface area contributed by atoms with E-state index in [-0.39, 0.29) is 0 Å². The van der Waals surface area contributed by atoms with Crippen LogP contribution in [-0.2, 0) is 11.2 Å². The molecule has 1 aliphatic carbocycles. The van der Waals surface area contributed by atoms with Crippen molar-refractivity contribution in [1.29, 1.82) is 0 Å². The Labute approximate surface area is 120 Å². The van der Waals surface area contributed by atoms with Crippen molar-refractivity contribution in [2.24, 2.45) is 0 Å². The van der Waals surface area contributed by atoms with Crippen molar-refractivity contribution >= 4 is 11.6 Å². The van der Waals surface area contributed by atoms with Gasteiger partial charge in [-0.05, 0) is 36.3 Å². The van der Waals surface area contributed by atoms with Gasteiger partial charge >= 0.3 is 0 Å². The first-order chi connectivity index (χ1) is 9.38. The zero-order valence-corrected chi connectivity index (χ0v) is 12.1. The van der Waals surface area contributed by atoms with Crippen LogP contribution in [0.5, 0.6) is 0 Å². The van der Waals surface area contributed by atoms with Gasteiger partial charge in [-0.3, -0.25) is 4.90 Å². The largest absolute Gasteiger partial charge is 0.378 e. The van der Waals surface area contributed by atoms with Crippen LogP contribution in [0.1, 0.15) is 29.9 Å². The van der Waals surface area contributed by atoms with E-state index in [1.807, 2.05) is 0 Å². The molecule has 2 aliphatic rings. The molecule has 0 radical (unpaired) electrons. The van der Waals surface area contributed by atoms with Crippen molar-refractivity contribution in [3.8, 4) is 0 Å². The van der Waals surface area contributed by atoms with Crippen molar-refractivity contribution in [2.75, 3.05) is 32.2 Å². The lowest BCUT2D eigenvalue weighted by Crippen LogP contribution is -2.48. The van der Waals surface area contributed by atoms with Gasteiger partial charge in [0, 0.05) is 25.0 Å². The van der Waals surface area contributed by atoms with E-state index in [1.165, 1.54) is 19.3 Å². The second-order valence-corrected chi connectivity index (χ2v) is 5.97. The normalized spacial score (nSPS) is 28.1. The summed E-state index contributed by atoms with van der Waals surface area (Å²) < 4.78 is 5.54. The molecule has 1 fully saturated rings. The average Bonchev–Trinajstić information content (AvgIpc) is 2.48. The molecule has 104 valence electrons. The Morgan fingerprint density at radius 3 is 3.11 bits per heavy atom. The highest BCUT2D eigenvalue weighted by Gasteiger charge is 2.27. The number of aryl methyl sites for hydroxylation is 1. The number of hydrogen-bond donors (Lipinski definition) is 0. The van der Waals surface area contributed by atoms with Crippen molar-refractivity contribution in [1.82, 2.24) is 4.90 Å². The molecule has 0 saturated carbocycles. The smallest absolute Gasteiger partial charge is 0.0634 e. The van der Waals surface area contributed by atoms with E-state index in [0.717, 1.165) is 26.3 Å². The number of alkyl halides is 1. The summed E-state index contributed by atoms with van der Waals surface area (Å²) in [6, 6.07) is 9.34. The maximum atomic E-state index is 6.07. The van der Waals surface area contributed by atoms with Crippen LogP contribution >= 0.6 is 11.6 Å². The summed E-state index contributed by atoms with van der Waals surface area (Å²) in [5, 5.41) is 0. The van der Waals surface area contributed by atoms with E-state index < -0.39 is 0 Å². The van der Waals surface area contributed by atoms with Crippen molar-refractivity contribution in [2.45, 2.75) is 31.2 Å². The summed E-state index contributed by atoms with van der Waals surface area (Å²) in [7, 11) is 0. The minimum Gasteiger partial charge on any atom is -0.378 e. The van der Waals surface area contributed by atoms with Crippen molar-refractivity contribution in [3.05, 3.63) is 35.4 Å². The average molecular weight is 280 g/mol. The highest BCUT2D eigenvalue weighted by molar-refractivity contribution is 6.18. The minimum absolute atomic E-state index is 0.393. The Balaban J connectivity index is 1.73. The number of halogens is 1. The van der Waals surface area contributed by atoms with E-state index in [4.69, 9.17) is 16.3 Å². The third-order valence-corrected chi connectivity index (χ3v) is 4.83. The minimum atomic E-state index is 0.393. The zero-order valence-electron chi connectivity index (χ0n) is 11.4. The summed E-state index contributed by atoms with van der Waals surface area (Å²) in [6.45, 7) is 3.80. The molecule has 2 nitrogen and oxygen atoms in total. The second kappa shape index (κ2) is 6.25. The molecule has 0 amide bonds. The van der Waals surface area contributed by atoms with E-state index in [2.05, 4.69) is 29.2 Å². The Morgan fingerprint density at radius 1 is 1.32 bits per heavy atom. The molecular weight excluding hydrogens is 258 g/mol. The van der Waals surface area contributed by atoms with E-state index >= 15 is 0 Å². The molecule has 0 spiro atoms. The summed E-state index contributed by atoms with van der Waals surface area (Å²) in [4.78, 5) is 2.53. The van der Waals surface area contributed by atoms with Gasteiger partial charge in [-0.2, -0.15) is 0 Å². The van der Waals surface area contributed by atoms with E-state index in [9.17, 15) is 0 Å². The zero-order chi connectivity index (χ0) is 13.1.